The van der Waals surface area contributed by atoms with Crippen molar-refractivity contribution in [2.45, 2.75) is 32.2 Å². The van der Waals surface area contributed by atoms with E-state index in [1.807, 2.05) is 54.6 Å². The molecule has 1 saturated carbocycles. The second-order valence-corrected chi connectivity index (χ2v) is 9.11. The second kappa shape index (κ2) is 9.98. The van der Waals surface area contributed by atoms with Crippen molar-refractivity contribution in [3.05, 3.63) is 82.7 Å². The lowest BCUT2D eigenvalue weighted by atomic mass is 10.2. The van der Waals surface area contributed by atoms with Gasteiger partial charge in [-0.25, -0.2) is 4.98 Å². The number of carbonyl (C=O) groups excluding carboxylic acids is 2. The van der Waals surface area contributed by atoms with E-state index in [4.69, 9.17) is 4.52 Å². The summed E-state index contributed by atoms with van der Waals surface area (Å²) in [6.07, 6.45) is 3.67. The van der Waals surface area contributed by atoms with Crippen molar-refractivity contribution in [1.29, 1.82) is 0 Å². The highest BCUT2D eigenvalue weighted by Gasteiger charge is 2.30. The van der Waals surface area contributed by atoms with Crippen LogP contribution in [0.3, 0.4) is 0 Å². The fourth-order valence-corrected chi connectivity index (χ4v) is 4.26. The third-order valence-electron chi connectivity index (χ3n) is 5.83. The van der Waals surface area contributed by atoms with Crippen LogP contribution in [-0.2, 0) is 11.3 Å². The molecule has 0 radical (unpaired) electrons. The zero-order valence-electron chi connectivity index (χ0n) is 19.4. The van der Waals surface area contributed by atoms with Crippen molar-refractivity contribution >= 4 is 44.0 Å². The molecule has 0 amide bonds. The summed E-state index contributed by atoms with van der Waals surface area (Å²) in [7, 11) is 0. The van der Waals surface area contributed by atoms with Crippen molar-refractivity contribution in [3.63, 3.8) is 0 Å². The quantitative estimate of drug-likeness (QED) is 0.228. The maximum Gasteiger partial charge on any atom is 0.278 e. The first-order valence-corrected chi connectivity index (χ1v) is 12.6. The van der Waals surface area contributed by atoms with Crippen molar-refractivity contribution < 1.29 is 14.1 Å². The molecule has 0 saturated heterocycles. The van der Waals surface area contributed by atoms with Gasteiger partial charge >= 0.3 is 0 Å². The van der Waals surface area contributed by atoms with Crippen molar-refractivity contribution in [2.75, 3.05) is 5.33 Å². The first-order chi connectivity index (χ1) is 17.5. The number of Topliss-reactive ketones (excluding diaryl/α,β-unsaturated/α-hetero) is 2. The number of hydrogen-bond acceptors (Lipinski definition) is 7. The van der Waals surface area contributed by atoms with E-state index in [0.29, 0.717) is 39.7 Å². The van der Waals surface area contributed by atoms with E-state index < -0.39 is 0 Å². The summed E-state index contributed by atoms with van der Waals surface area (Å²) in [6.45, 7) is 1.46. The summed E-state index contributed by atoms with van der Waals surface area (Å²) < 4.78 is 8.50. The molecule has 9 nitrogen and oxygen atoms in total. The Balaban J connectivity index is 0.000000226. The number of carbonyl (C=O) groups is 2. The monoisotopic (exact) mass is 547 g/mol. The largest absolute Gasteiger partial charge is 0.339 e. The number of halogens is 1. The van der Waals surface area contributed by atoms with Gasteiger partial charge in [0.25, 0.3) is 5.56 Å². The van der Waals surface area contributed by atoms with Gasteiger partial charge < -0.3 is 4.52 Å². The Hall–Kier alpha value is -3.92. The maximum absolute atomic E-state index is 13.1. The first-order valence-electron chi connectivity index (χ1n) is 11.4. The molecule has 36 heavy (non-hydrogen) atoms. The lowest BCUT2D eigenvalue weighted by Gasteiger charge is -2.10. The van der Waals surface area contributed by atoms with Crippen molar-refractivity contribution in [3.8, 4) is 11.5 Å². The molecule has 0 aliphatic heterocycles. The molecule has 0 spiro atoms. The van der Waals surface area contributed by atoms with E-state index in [0.717, 1.165) is 23.9 Å². The van der Waals surface area contributed by atoms with Gasteiger partial charge in [0.1, 0.15) is 23.3 Å². The second-order valence-electron chi connectivity index (χ2n) is 8.55. The number of benzene rings is 2. The van der Waals surface area contributed by atoms with Gasteiger partial charge in [0.15, 0.2) is 5.78 Å². The van der Waals surface area contributed by atoms with Gasteiger partial charge in [-0.1, -0.05) is 63.6 Å². The number of rotatable bonds is 6. The summed E-state index contributed by atoms with van der Waals surface area (Å²) in [6, 6.07) is 16.6. The minimum atomic E-state index is -0.302. The standard InChI is InChI=1S/C18H15N5O3.C8H7BrO/c1-10(24)8-22-12-4-2-3-5-13(12)23-9-19-14(15(23)18(22)25)16-20-17(26-21-16)11-6-7-11;9-6-8(10)7-4-2-1-3-5-7/h2-5,9,11H,6-8H2,1H3;1-5H,6H2. The average Bonchev–Trinajstić information content (AvgIpc) is 3.46. The predicted octanol–water partition coefficient (Wildman–Crippen LogP) is 4.43. The van der Waals surface area contributed by atoms with Crippen LogP contribution in [-0.4, -0.2) is 41.0 Å². The lowest BCUT2D eigenvalue weighted by molar-refractivity contribution is -0.117. The van der Waals surface area contributed by atoms with E-state index in [-0.39, 0.29) is 23.7 Å². The summed E-state index contributed by atoms with van der Waals surface area (Å²) in [5.41, 5.74) is 2.63. The number of ketones is 2. The zero-order chi connectivity index (χ0) is 25.2. The topological polar surface area (TPSA) is 112 Å². The Morgan fingerprint density at radius 1 is 1.06 bits per heavy atom. The van der Waals surface area contributed by atoms with E-state index in [2.05, 4.69) is 31.1 Å². The number of aromatic nitrogens is 5. The van der Waals surface area contributed by atoms with E-state index in [1.165, 1.54) is 11.5 Å². The van der Waals surface area contributed by atoms with Gasteiger partial charge in [-0.05, 0) is 31.9 Å². The summed E-state index contributed by atoms with van der Waals surface area (Å²) in [5.74, 6) is 1.24. The van der Waals surface area contributed by atoms with E-state index in [9.17, 15) is 14.4 Å². The van der Waals surface area contributed by atoms with Gasteiger partial charge in [0, 0.05) is 11.5 Å². The molecule has 6 rings (SSSR count). The van der Waals surface area contributed by atoms with E-state index >= 15 is 0 Å². The maximum atomic E-state index is 13.1. The molecule has 1 aliphatic carbocycles. The van der Waals surface area contributed by atoms with Crippen LogP contribution in [0.1, 0.15) is 41.9 Å². The fourth-order valence-electron chi connectivity index (χ4n) is 3.94. The van der Waals surface area contributed by atoms with Gasteiger partial charge in [-0.3, -0.25) is 23.4 Å². The minimum absolute atomic E-state index is 0.0000345. The van der Waals surface area contributed by atoms with Crippen LogP contribution in [0.2, 0.25) is 0 Å². The summed E-state index contributed by atoms with van der Waals surface area (Å²) in [4.78, 5) is 44.6. The Morgan fingerprint density at radius 2 is 1.75 bits per heavy atom. The normalized spacial score (nSPS) is 12.9. The first kappa shape index (κ1) is 23.8. The lowest BCUT2D eigenvalue weighted by Crippen LogP contribution is -2.25. The number of nitrogens with zero attached hydrogens (tertiary/aromatic N) is 5. The van der Waals surface area contributed by atoms with Crippen LogP contribution in [0.25, 0.3) is 28.1 Å². The third kappa shape index (κ3) is 4.64. The van der Waals surface area contributed by atoms with Gasteiger partial charge in [0.2, 0.25) is 11.7 Å². The SMILES string of the molecule is CC(=O)Cn1c(=O)c2c(-c3noc(C4CC4)n3)ncn2c2ccccc21.O=C(CBr)c1ccccc1. The number of fused-ring (bicyclic) bond motifs is 3. The van der Waals surface area contributed by atoms with Crippen molar-refractivity contribution in [1.82, 2.24) is 24.1 Å². The smallest absolute Gasteiger partial charge is 0.278 e. The van der Waals surface area contributed by atoms with Gasteiger partial charge in [-0.2, -0.15) is 4.98 Å². The summed E-state index contributed by atoms with van der Waals surface area (Å²) in [5, 5.41) is 4.40. The zero-order valence-corrected chi connectivity index (χ0v) is 21.0. The van der Waals surface area contributed by atoms with Crippen LogP contribution in [0.15, 0.2) is 70.2 Å². The molecule has 1 aliphatic rings. The van der Waals surface area contributed by atoms with Crippen LogP contribution in [0.4, 0.5) is 0 Å². The Morgan fingerprint density at radius 3 is 2.42 bits per heavy atom. The molecular formula is C26H22BrN5O4. The molecule has 1 fully saturated rings. The fraction of sp³-hybridized carbons (Fsp3) is 0.231. The molecular weight excluding hydrogens is 526 g/mol. The van der Waals surface area contributed by atoms with Gasteiger partial charge in [-0.15, -0.1) is 0 Å². The molecule has 5 aromatic rings. The predicted molar refractivity (Wildman–Crippen MR) is 137 cm³/mol. The molecule has 0 unspecified atom stereocenters. The number of imidazole rings is 1. The average molecular weight is 548 g/mol. The summed E-state index contributed by atoms with van der Waals surface area (Å²) >= 11 is 3.10. The number of hydrogen-bond donors (Lipinski definition) is 0. The number of para-hydroxylation sites is 2. The Kier molecular flexibility index (Phi) is 6.60. The minimum Gasteiger partial charge on any atom is -0.339 e. The van der Waals surface area contributed by atoms with Crippen LogP contribution < -0.4 is 5.56 Å². The Bertz CT molecular complexity index is 1630. The van der Waals surface area contributed by atoms with Crippen LogP contribution in [0.5, 0.6) is 0 Å². The molecule has 0 N–H and O–H groups in total. The molecule has 2 aromatic carbocycles. The van der Waals surface area contributed by atoms with Crippen LogP contribution >= 0.6 is 15.9 Å². The highest BCUT2D eigenvalue weighted by Crippen LogP contribution is 2.39. The van der Waals surface area contributed by atoms with Gasteiger partial charge in [0.05, 0.1) is 22.9 Å². The van der Waals surface area contributed by atoms with Crippen LogP contribution in [0, 0.1) is 0 Å². The third-order valence-corrected chi connectivity index (χ3v) is 6.33. The Labute approximate surface area is 213 Å². The molecule has 10 heteroatoms. The molecule has 182 valence electrons. The molecule has 0 atom stereocenters. The highest BCUT2D eigenvalue weighted by atomic mass is 79.9. The molecule has 0 bridgehead atoms. The molecule has 3 heterocycles. The highest BCUT2D eigenvalue weighted by molar-refractivity contribution is 9.09. The number of alkyl halides is 1. The van der Waals surface area contributed by atoms with E-state index in [1.54, 1.807) is 10.7 Å². The van der Waals surface area contributed by atoms with Crippen molar-refractivity contribution in [2.24, 2.45) is 0 Å². The molecule has 3 aromatic heterocycles.